The van der Waals surface area contributed by atoms with Crippen molar-refractivity contribution in [1.29, 1.82) is 0 Å². The van der Waals surface area contributed by atoms with E-state index in [1.165, 1.54) is 11.1 Å². The fourth-order valence-electron chi connectivity index (χ4n) is 3.12. The van der Waals surface area contributed by atoms with Gasteiger partial charge in [-0.3, -0.25) is 0 Å². The second-order valence-corrected chi connectivity index (χ2v) is 7.11. The van der Waals surface area contributed by atoms with Crippen LogP contribution in [0.5, 0.6) is 0 Å². The van der Waals surface area contributed by atoms with Crippen molar-refractivity contribution in [3.8, 4) is 0 Å². The van der Waals surface area contributed by atoms with E-state index >= 15 is 0 Å². The zero-order valence-corrected chi connectivity index (χ0v) is 16.7. The molecule has 0 spiro atoms. The Labute approximate surface area is 152 Å². The fraction of sp³-hybridized carbons (Fsp3) is 0.524. The summed E-state index contributed by atoms with van der Waals surface area (Å²) in [5.41, 5.74) is 4.75. The van der Waals surface area contributed by atoms with E-state index in [-0.39, 0.29) is 0 Å². The van der Waals surface area contributed by atoms with Crippen molar-refractivity contribution >= 4 is 17.5 Å². The average Bonchev–Trinajstić information content (AvgIpc) is 2.55. The lowest BCUT2D eigenvalue weighted by molar-refractivity contribution is 0.832. The van der Waals surface area contributed by atoms with Crippen molar-refractivity contribution in [2.75, 3.05) is 23.3 Å². The van der Waals surface area contributed by atoms with Gasteiger partial charge in [-0.2, -0.15) is 4.98 Å². The Morgan fingerprint density at radius 1 is 0.960 bits per heavy atom. The molecule has 0 saturated carbocycles. The summed E-state index contributed by atoms with van der Waals surface area (Å²) in [6, 6.07) is 8.59. The molecule has 4 nitrogen and oxygen atoms in total. The van der Waals surface area contributed by atoms with Crippen molar-refractivity contribution < 1.29 is 0 Å². The van der Waals surface area contributed by atoms with Crippen LogP contribution < -0.4 is 10.2 Å². The smallest absolute Gasteiger partial charge is 0.229 e. The van der Waals surface area contributed by atoms with Gasteiger partial charge in [-0.1, -0.05) is 45.9 Å². The van der Waals surface area contributed by atoms with Gasteiger partial charge in [0.05, 0.1) is 0 Å². The second kappa shape index (κ2) is 8.32. The summed E-state index contributed by atoms with van der Waals surface area (Å²) >= 11 is 0. The van der Waals surface area contributed by atoms with Gasteiger partial charge in [-0.05, 0) is 43.7 Å². The molecule has 1 aromatic carbocycles. The molecular formula is C21H32N4. The molecule has 25 heavy (non-hydrogen) atoms. The first kappa shape index (κ1) is 19.2. The highest BCUT2D eigenvalue weighted by Crippen LogP contribution is 2.34. The molecule has 0 bridgehead atoms. The highest BCUT2D eigenvalue weighted by molar-refractivity contribution is 5.66. The molecule has 0 unspecified atom stereocenters. The summed E-state index contributed by atoms with van der Waals surface area (Å²) in [5, 5.41) is 3.54. The molecule has 0 aliphatic carbocycles. The predicted octanol–water partition coefficient (Wildman–Crippen LogP) is 5.62. The van der Waals surface area contributed by atoms with Crippen molar-refractivity contribution in [3.63, 3.8) is 0 Å². The number of hydrogen-bond donors (Lipinski definition) is 1. The van der Waals surface area contributed by atoms with Crippen LogP contribution in [-0.4, -0.2) is 23.1 Å². The summed E-state index contributed by atoms with van der Waals surface area (Å²) in [7, 11) is 0. The molecular weight excluding hydrogens is 308 g/mol. The Morgan fingerprint density at radius 2 is 1.52 bits per heavy atom. The van der Waals surface area contributed by atoms with Gasteiger partial charge in [0.1, 0.15) is 5.82 Å². The third-order valence-corrected chi connectivity index (χ3v) is 4.54. The molecule has 136 valence electrons. The van der Waals surface area contributed by atoms with Crippen LogP contribution in [0, 0.1) is 6.92 Å². The van der Waals surface area contributed by atoms with Crippen molar-refractivity contribution in [2.45, 2.75) is 60.3 Å². The first-order valence-corrected chi connectivity index (χ1v) is 9.37. The second-order valence-electron chi connectivity index (χ2n) is 7.11. The Morgan fingerprint density at radius 3 is 2.00 bits per heavy atom. The van der Waals surface area contributed by atoms with E-state index in [2.05, 4.69) is 81.0 Å². The highest BCUT2D eigenvalue weighted by atomic mass is 15.2. The van der Waals surface area contributed by atoms with Crippen LogP contribution in [0.4, 0.5) is 17.5 Å². The lowest BCUT2D eigenvalue weighted by Crippen LogP contribution is -2.23. The number of aromatic nitrogens is 2. The molecule has 1 N–H and O–H groups in total. The van der Waals surface area contributed by atoms with Crippen LogP contribution >= 0.6 is 0 Å². The van der Waals surface area contributed by atoms with Crippen LogP contribution in [-0.2, 0) is 0 Å². The van der Waals surface area contributed by atoms with E-state index in [0.717, 1.165) is 30.3 Å². The molecule has 4 heteroatoms. The van der Waals surface area contributed by atoms with E-state index in [1.54, 1.807) is 0 Å². The molecule has 1 aromatic heterocycles. The van der Waals surface area contributed by atoms with Crippen LogP contribution in [0.15, 0.2) is 24.3 Å². The van der Waals surface area contributed by atoms with E-state index in [1.807, 2.05) is 6.92 Å². The molecule has 0 fully saturated rings. The lowest BCUT2D eigenvalue weighted by Gasteiger charge is -2.23. The molecule has 2 rings (SSSR count). The molecule has 0 saturated heterocycles. The highest BCUT2D eigenvalue weighted by Gasteiger charge is 2.16. The summed E-state index contributed by atoms with van der Waals surface area (Å²) in [4.78, 5) is 11.7. The molecule has 0 atom stereocenters. The van der Waals surface area contributed by atoms with E-state index in [9.17, 15) is 0 Å². The number of anilines is 3. The van der Waals surface area contributed by atoms with Crippen molar-refractivity contribution in [1.82, 2.24) is 9.97 Å². The van der Waals surface area contributed by atoms with Gasteiger partial charge in [-0.15, -0.1) is 0 Å². The van der Waals surface area contributed by atoms with Crippen molar-refractivity contribution in [2.24, 2.45) is 0 Å². The molecule has 0 radical (unpaired) electrons. The quantitative estimate of drug-likeness (QED) is 0.710. The average molecular weight is 341 g/mol. The zero-order chi connectivity index (χ0) is 18.6. The Hall–Kier alpha value is -2.10. The minimum Gasteiger partial charge on any atom is -0.357 e. The van der Waals surface area contributed by atoms with Gasteiger partial charge < -0.3 is 10.2 Å². The number of para-hydroxylation sites is 1. The summed E-state index contributed by atoms with van der Waals surface area (Å²) < 4.78 is 0. The monoisotopic (exact) mass is 340 g/mol. The van der Waals surface area contributed by atoms with Crippen LogP contribution in [0.3, 0.4) is 0 Å². The summed E-state index contributed by atoms with van der Waals surface area (Å²) in [6.45, 7) is 17.1. The van der Waals surface area contributed by atoms with Gasteiger partial charge in [-0.25, -0.2) is 4.98 Å². The number of rotatable bonds is 7. The maximum absolute atomic E-state index is 4.78. The number of nitrogens with one attached hydrogen (secondary N) is 1. The first-order chi connectivity index (χ1) is 11.9. The molecule has 0 aliphatic heterocycles. The fourth-order valence-corrected chi connectivity index (χ4v) is 3.12. The van der Waals surface area contributed by atoms with E-state index in [0.29, 0.717) is 17.8 Å². The Kier molecular flexibility index (Phi) is 6.40. The van der Waals surface area contributed by atoms with Crippen LogP contribution in [0.25, 0.3) is 0 Å². The van der Waals surface area contributed by atoms with Gasteiger partial charge in [0.25, 0.3) is 0 Å². The SMILES string of the molecule is CCN(CC)c1cc(C)nc(Nc2c(C(C)C)cccc2C(C)C)n1. The molecule has 1 heterocycles. The number of benzene rings is 1. The maximum atomic E-state index is 4.78. The number of aryl methyl sites for hydroxylation is 1. The van der Waals surface area contributed by atoms with E-state index < -0.39 is 0 Å². The Bertz CT molecular complexity index is 677. The summed E-state index contributed by atoms with van der Waals surface area (Å²) in [5.74, 6) is 2.53. The van der Waals surface area contributed by atoms with Gasteiger partial charge in [0, 0.05) is 30.5 Å². The summed E-state index contributed by atoms with van der Waals surface area (Å²) in [6.07, 6.45) is 0. The lowest BCUT2D eigenvalue weighted by atomic mass is 9.93. The zero-order valence-electron chi connectivity index (χ0n) is 16.7. The largest absolute Gasteiger partial charge is 0.357 e. The molecule has 0 amide bonds. The van der Waals surface area contributed by atoms with Crippen LogP contribution in [0.2, 0.25) is 0 Å². The number of nitrogens with zero attached hydrogens (tertiary/aromatic N) is 3. The van der Waals surface area contributed by atoms with Gasteiger partial charge in [0.2, 0.25) is 5.95 Å². The standard InChI is InChI=1S/C21H32N4/c1-8-25(9-2)19-13-16(7)22-21(23-19)24-20-17(14(3)4)11-10-12-18(20)15(5)6/h10-15H,8-9H2,1-7H3,(H,22,23,24). The van der Waals surface area contributed by atoms with Gasteiger partial charge >= 0.3 is 0 Å². The Balaban J connectivity index is 2.49. The van der Waals surface area contributed by atoms with E-state index in [4.69, 9.17) is 4.98 Å². The minimum absolute atomic E-state index is 0.438. The number of hydrogen-bond acceptors (Lipinski definition) is 4. The van der Waals surface area contributed by atoms with Crippen molar-refractivity contribution in [3.05, 3.63) is 41.1 Å². The maximum Gasteiger partial charge on any atom is 0.229 e. The first-order valence-electron chi connectivity index (χ1n) is 9.37. The predicted molar refractivity (Wildman–Crippen MR) is 108 cm³/mol. The van der Waals surface area contributed by atoms with Crippen LogP contribution in [0.1, 0.15) is 70.2 Å². The topological polar surface area (TPSA) is 41.1 Å². The normalized spacial score (nSPS) is 11.2. The molecule has 0 aliphatic rings. The third-order valence-electron chi connectivity index (χ3n) is 4.54. The van der Waals surface area contributed by atoms with Gasteiger partial charge in [0.15, 0.2) is 0 Å². The minimum atomic E-state index is 0.438. The molecule has 2 aromatic rings. The third kappa shape index (κ3) is 4.50.